The van der Waals surface area contributed by atoms with E-state index in [0.717, 1.165) is 16.7 Å². The molecule has 3 nitrogen and oxygen atoms in total. The van der Waals surface area contributed by atoms with Crippen LogP contribution >= 0.6 is 23.2 Å². The van der Waals surface area contributed by atoms with Crippen LogP contribution < -0.4 is 0 Å². The van der Waals surface area contributed by atoms with Gasteiger partial charge in [-0.05, 0) is 59.8 Å². The van der Waals surface area contributed by atoms with E-state index in [1.54, 1.807) is 0 Å². The summed E-state index contributed by atoms with van der Waals surface area (Å²) in [5, 5.41) is 0.184. The highest BCUT2D eigenvalue weighted by molar-refractivity contribution is 6.31. The Hall–Kier alpha value is -1.71. The molecule has 0 radical (unpaired) electrons. The van der Waals surface area contributed by atoms with Crippen molar-refractivity contribution in [1.82, 2.24) is 15.0 Å². The van der Waals surface area contributed by atoms with Crippen LogP contribution in [0.25, 0.3) is 11.1 Å². The van der Waals surface area contributed by atoms with E-state index in [0.29, 0.717) is 5.82 Å². The first kappa shape index (κ1) is 14.7. The van der Waals surface area contributed by atoms with Gasteiger partial charge in [-0.15, -0.1) is 0 Å². The maximum Gasteiger partial charge on any atom is 0.227 e. The molecule has 2 rings (SSSR count). The molecule has 0 bridgehead atoms. The second kappa shape index (κ2) is 6.64. The summed E-state index contributed by atoms with van der Waals surface area (Å²) >= 11 is 11.6. The van der Waals surface area contributed by atoms with E-state index in [9.17, 15) is 0 Å². The predicted molar refractivity (Wildman–Crippen MR) is 83.6 cm³/mol. The summed E-state index contributed by atoms with van der Waals surface area (Å²) in [4.78, 5) is 11.9. The summed E-state index contributed by atoms with van der Waals surface area (Å²) in [5.74, 6) is 0.477. The van der Waals surface area contributed by atoms with Gasteiger partial charge >= 0.3 is 0 Å². The molecule has 0 aliphatic rings. The fourth-order valence-electron chi connectivity index (χ4n) is 1.76. The Morgan fingerprint density at radius 1 is 1.00 bits per heavy atom. The Morgan fingerprint density at radius 3 is 2.15 bits per heavy atom. The summed E-state index contributed by atoms with van der Waals surface area (Å²) < 4.78 is 0. The third kappa shape index (κ3) is 3.65. The van der Waals surface area contributed by atoms with Crippen molar-refractivity contribution in [3.8, 4) is 0 Å². The first-order chi connectivity index (χ1) is 9.60. The Balaban J connectivity index is 2.38. The highest BCUT2D eigenvalue weighted by Crippen LogP contribution is 2.21. The summed E-state index contributed by atoms with van der Waals surface area (Å²) in [7, 11) is 0. The predicted octanol–water partition coefficient (Wildman–Crippen LogP) is 4.69. The zero-order valence-corrected chi connectivity index (χ0v) is 12.7. The van der Waals surface area contributed by atoms with Gasteiger partial charge in [-0.3, -0.25) is 0 Å². The molecule has 0 spiro atoms. The number of benzene rings is 1. The molecular weight excluding hydrogens is 293 g/mol. The third-order valence-electron chi connectivity index (χ3n) is 2.72. The van der Waals surface area contributed by atoms with Gasteiger partial charge in [0.25, 0.3) is 0 Å². The lowest BCUT2D eigenvalue weighted by atomic mass is 10.0. The van der Waals surface area contributed by atoms with Crippen LogP contribution in [0.1, 0.15) is 25.2 Å². The monoisotopic (exact) mass is 305 g/mol. The molecular formula is C15H13Cl2N3. The topological polar surface area (TPSA) is 38.7 Å². The van der Waals surface area contributed by atoms with Crippen LogP contribution in [0.3, 0.4) is 0 Å². The molecule has 0 saturated heterocycles. The maximum atomic E-state index is 5.79. The van der Waals surface area contributed by atoms with E-state index < -0.39 is 0 Å². The molecule has 0 saturated carbocycles. The molecule has 1 aromatic heterocycles. The summed E-state index contributed by atoms with van der Waals surface area (Å²) in [6, 6.07) is 10.1. The number of nitrogens with zero attached hydrogens (tertiary/aromatic N) is 3. The molecule has 5 heteroatoms. The molecule has 0 amide bonds. The Bertz CT molecular complexity index is 644. The summed E-state index contributed by atoms with van der Waals surface area (Å²) in [6.07, 6.45) is 4.03. The third-order valence-corrected chi connectivity index (χ3v) is 3.06. The van der Waals surface area contributed by atoms with Crippen molar-refractivity contribution in [1.29, 1.82) is 0 Å². The van der Waals surface area contributed by atoms with Gasteiger partial charge in [0.05, 0.1) is 0 Å². The molecule has 0 aliphatic heterocycles. The number of aromatic nitrogens is 3. The lowest BCUT2D eigenvalue weighted by Crippen LogP contribution is -1.96. The number of halogens is 2. The van der Waals surface area contributed by atoms with Gasteiger partial charge in [0.2, 0.25) is 10.6 Å². The lowest BCUT2D eigenvalue weighted by Gasteiger charge is -2.05. The summed E-state index contributed by atoms with van der Waals surface area (Å²) in [6.45, 7) is 3.90. The van der Waals surface area contributed by atoms with Gasteiger partial charge in [0, 0.05) is 0 Å². The summed E-state index contributed by atoms with van der Waals surface area (Å²) in [5.41, 5.74) is 3.07. The van der Waals surface area contributed by atoms with Gasteiger partial charge < -0.3 is 0 Å². The van der Waals surface area contributed by atoms with E-state index in [-0.39, 0.29) is 10.6 Å². The maximum absolute atomic E-state index is 5.79. The molecule has 1 aromatic carbocycles. The molecule has 0 atom stereocenters. The largest absolute Gasteiger partial charge is 0.227 e. The zero-order valence-electron chi connectivity index (χ0n) is 11.1. The number of allylic oxidation sites excluding steroid dienone is 4. The van der Waals surface area contributed by atoms with Gasteiger partial charge in [-0.1, -0.05) is 36.4 Å². The van der Waals surface area contributed by atoms with Gasteiger partial charge in [-0.25, -0.2) is 0 Å². The van der Waals surface area contributed by atoms with E-state index in [1.807, 2.05) is 56.3 Å². The Kier molecular flexibility index (Phi) is 4.88. The highest BCUT2D eigenvalue weighted by atomic mass is 35.5. The van der Waals surface area contributed by atoms with Crippen LogP contribution in [-0.4, -0.2) is 15.0 Å². The first-order valence-electron chi connectivity index (χ1n) is 6.07. The fraction of sp³-hybridized carbons (Fsp3) is 0.133. The average molecular weight is 306 g/mol. The Labute approximate surface area is 128 Å². The van der Waals surface area contributed by atoms with Crippen molar-refractivity contribution in [3.63, 3.8) is 0 Å². The van der Waals surface area contributed by atoms with Crippen LogP contribution in [0, 0.1) is 0 Å². The SMILES string of the molecule is CC=C(C=C(C)c1nc(Cl)nc(Cl)n1)c1ccccc1. The van der Waals surface area contributed by atoms with Crippen molar-refractivity contribution in [3.05, 3.63) is 64.4 Å². The van der Waals surface area contributed by atoms with Gasteiger partial charge in [0.15, 0.2) is 5.82 Å². The Morgan fingerprint density at radius 2 is 1.60 bits per heavy atom. The molecule has 0 aliphatic carbocycles. The molecule has 102 valence electrons. The number of hydrogen-bond acceptors (Lipinski definition) is 3. The second-order valence-electron chi connectivity index (χ2n) is 4.13. The van der Waals surface area contributed by atoms with Crippen LogP contribution in [-0.2, 0) is 0 Å². The van der Waals surface area contributed by atoms with E-state index in [2.05, 4.69) is 15.0 Å². The van der Waals surface area contributed by atoms with Gasteiger partial charge in [-0.2, -0.15) is 15.0 Å². The van der Waals surface area contributed by atoms with Crippen LogP contribution in [0.5, 0.6) is 0 Å². The van der Waals surface area contributed by atoms with Crippen molar-refractivity contribution >= 4 is 34.3 Å². The average Bonchev–Trinajstić information content (AvgIpc) is 2.44. The molecule has 20 heavy (non-hydrogen) atoms. The molecule has 0 N–H and O–H groups in total. The number of rotatable bonds is 3. The minimum absolute atomic E-state index is 0.0921. The molecule has 1 heterocycles. The fourth-order valence-corrected chi connectivity index (χ4v) is 2.13. The van der Waals surface area contributed by atoms with Crippen molar-refractivity contribution < 1.29 is 0 Å². The molecule has 2 aromatic rings. The smallest absolute Gasteiger partial charge is 0.198 e. The normalized spacial score (nSPS) is 12.6. The van der Waals surface area contributed by atoms with E-state index >= 15 is 0 Å². The minimum atomic E-state index is 0.0921. The van der Waals surface area contributed by atoms with Gasteiger partial charge in [0.1, 0.15) is 0 Å². The number of hydrogen-bond donors (Lipinski definition) is 0. The van der Waals surface area contributed by atoms with Crippen molar-refractivity contribution in [2.75, 3.05) is 0 Å². The molecule has 0 fully saturated rings. The highest BCUT2D eigenvalue weighted by Gasteiger charge is 2.06. The lowest BCUT2D eigenvalue weighted by molar-refractivity contribution is 1.02. The quantitative estimate of drug-likeness (QED) is 0.772. The zero-order chi connectivity index (χ0) is 14.5. The minimum Gasteiger partial charge on any atom is -0.198 e. The first-order valence-corrected chi connectivity index (χ1v) is 6.83. The molecule has 0 unspecified atom stereocenters. The van der Waals surface area contributed by atoms with Crippen molar-refractivity contribution in [2.24, 2.45) is 0 Å². The van der Waals surface area contributed by atoms with Crippen LogP contribution in [0.4, 0.5) is 0 Å². The second-order valence-corrected chi connectivity index (χ2v) is 4.81. The standard InChI is InChI=1S/C15H13Cl2N3/c1-3-11(12-7-5-4-6-8-12)9-10(2)13-18-14(16)20-15(17)19-13/h3-9H,1-2H3. The van der Waals surface area contributed by atoms with Crippen molar-refractivity contribution in [2.45, 2.75) is 13.8 Å². The van der Waals surface area contributed by atoms with Crippen LogP contribution in [0.15, 0.2) is 42.5 Å². The van der Waals surface area contributed by atoms with E-state index in [4.69, 9.17) is 23.2 Å². The van der Waals surface area contributed by atoms with Crippen LogP contribution in [0.2, 0.25) is 10.6 Å². The van der Waals surface area contributed by atoms with E-state index in [1.165, 1.54) is 0 Å².